The standard InChI is InChI=1S/C11H21N3O/c1-9(6-12)7-14-5-3-4-10(8-14)11(15)13-2/h10H,1,3-8,12H2,2H3,(H,13,15). The van der Waals surface area contributed by atoms with Gasteiger partial charge in [0, 0.05) is 26.7 Å². The number of hydrogen-bond donors (Lipinski definition) is 2. The molecule has 0 bridgehead atoms. The minimum Gasteiger partial charge on any atom is -0.359 e. The number of piperidine rings is 1. The number of nitrogens with one attached hydrogen (secondary N) is 1. The third-order valence-corrected chi connectivity index (χ3v) is 2.86. The Morgan fingerprint density at radius 3 is 3.00 bits per heavy atom. The van der Waals surface area contributed by atoms with Crippen LogP contribution in [0.3, 0.4) is 0 Å². The van der Waals surface area contributed by atoms with Gasteiger partial charge in [-0.15, -0.1) is 0 Å². The molecular weight excluding hydrogens is 190 g/mol. The van der Waals surface area contributed by atoms with Crippen molar-refractivity contribution in [1.82, 2.24) is 10.2 Å². The third-order valence-electron chi connectivity index (χ3n) is 2.86. The third kappa shape index (κ3) is 3.64. The van der Waals surface area contributed by atoms with Crippen LogP contribution in [0.25, 0.3) is 0 Å². The molecule has 15 heavy (non-hydrogen) atoms. The molecule has 1 aliphatic heterocycles. The van der Waals surface area contributed by atoms with E-state index in [4.69, 9.17) is 5.73 Å². The maximum atomic E-state index is 11.5. The SMILES string of the molecule is C=C(CN)CN1CCCC(C(=O)NC)C1. The first-order valence-corrected chi connectivity index (χ1v) is 5.48. The summed E-state index contributed by atoms with van der Waals surface area (Å²) in [4.78, 5) is 13.7. The minimum absolute atomic E-state index is 0.134. The van der Waals surface area contributed by atoms with E-state index in [0.29, 0.717) is 6.54 Å². The van der Waals surface area contributed by atoms with Crippen LogP contribution in [0.2, 0.25) is 0 Å². The molecule has 0 aromatic rings. The van der Waals surface area contributed by atoms with Crippen molar-refractivity contribution in [3.05, 3.63) is 12.2 Å². The molecule has 1 saturated heterocycles. The molecule has 1 rings (SSSR count). The van der Waals surface area contributed by atoms with Gasteiger partial charge in [0.1, 0.15) is 0 Å². The second-order valence-corrected chi connectivity index (χ2v) is 4.14. The Hall–Kier alpha value is -0.870. The number of likely N-dealkylation sites (tertiary alicyclic amines) is 1. The molecule has 0 aromatic heterocycles. The van der Waals surface area contributed by atoms with Gasteiger partial charge in [-0.25, -0.2) is 0 Å². The molecule has 1 amide bonds. The van der Waals surface area contributed by atoms with Gasteiger partial charge in [0.25, 0.3) is 0 Å². The van der Waals surface area contributed by atoms with E-state index in [0.717, 1.165) is 38.0 Å². The van der Waals surface area contributed by atoms with Crippen molar-refractivity contribution in [2.45, 2.75) is 12.8 Å². The fraction of sp³-hybridized carbons (Fsp3) is 0.727. The van der Waals surface area contributed by atoms with E-state index in [1.165, 1.54) is 0 Å². The molecule has 0 saturated carbocycles. The molecule has 1 fully saturated rings. The van der Waals surface area contributed by atoms with E-state index in [-0.39, 0.29) is 11.8 Å². The molecule has 1 unspecified atom stereocenters. The minimum atomic E-state index is 0.134. The summed E-state index contributed by atoms with van der Waals surface area (Å²) in [6.07, 6.45) is 2.07. The molecule has 3 N–H and O–H groups in total. The van der Waals surface area contributed by atoms with Gasteiger partial charge in [0.2, 0.25) is 5.91 Å². The van der Waals surface area contributed by atoms with Crippen LogP contribution in [0.1, 0.15) is 12.8 Å². The number of hydrogen-bond acceptors (Lipinski definition) is 3. The van der Waals surface area contributed by atoms with Gasteiger partial charge in [0.15, 0.2) is 0 Å². The molecule has 1 aliphatic rings. The van der Waals surface area contributed by atoms with Gasteiger partial charge < -0.3 is 11.1 Å². The zero-order valence-corrected chi connectivity index (χ0v) is 9.46. The second kappa shape index (κ2) is 5.88. The fourth-order valence-electron chi connectivity index (χ4n) is 2.00. The maximum absolute atomic E-state index is 11.5. The first-order valence-electron chi connectivity index (χ1n) is 5.48. The van der Waals surface area contributed by atoms with Crippen LogP contribution in [0.15, 0.2) is 12.2 Å². The van der Waals surface area contributed by atoms with Gasteiger partial charge in [-0.1, -0.05) is 6.58 Å². The van der Waals surface area contributed by atoms with Crippen LogP contribution in [-0.4, -0.2) is 44.0 Å². The predicted octanol–water partition coefficient (Wildman–Crippen LogP) is -0.0407. The Morgan fingerprint density at radius 2 is 2.40 bits per heavy atom. The Labute approximate surface area is 91.5 Å². The molecule has 0 radical (unpaired) electrons. The summed E-state index contributed by atoms with van der Waals surface area (Å²) in [5.74, 6) is 0.285. The average Bonchev–Trinajstić information content (AvgIpc) is 2.28. The molecule has 1 atom stereocenters. The number of carbonyl (C=O) groups excluding carboxylic acids is 1. The molecule has 0 spiro atoms. The van der Waals surface area contributed by atoms with E-state index < -0.39 is 0 Å². The molecular formula is C11H21N3O. The topological polar surface area (TPSA) is 58.4 Å². The lowest BCUT2D eigenvalue weighted by molar-refractivity contribution is -0.126. The van der Waals surface area contributed by atoms with Crippen LogP contribution >= 0.6 is 0 Å². The molecule has 4 heteroatoms. The Kier molecular flexibility index (Phi) is 4.78. The van der Waals surface area contributed by atoms with Gasteiger partial charge in [-0.05, 0) is 25.0 Å². The van der Waals surface area contributed by atoms with Crippen LogP contribution in [-0.2, 0) is 4.79 Å². The van der Waals surface area contributed by atoms with E-state index in [1.807, 2.05) is 0 Å². The van der Waals surface area contributed by atoms with E-state index in [2.05, 4.69) is 16.8 Å². The average molecular weight is 211 g/mol. The van der Waals surface area contributed by atoms with E-state index in [1.54, 1.807) is 7.05 Å². The zero-order valence-electron chi connectivity index (χ0n) is 9.46. The predicted molar refractivity (Wildman–Crippen MR) is 61.4 cm³/mol. The number of rotatable bonds is 4. The fourth-order valence-corrected chi connectivity index (χ4v) is 2.00. The first kappa shape index (κ1) is 12.2. The summed E-state index contributed by atoms with van der Waals surface area (Å²) in [6.45, 7) is 7.12. The Bertz CT molecular complexity index is 240. The second-order valence-electron chi connectivity index (χ2n) is 4.14. The Morgan fingerprint density at radius 1 is 1.67 bits per heavy atom. The largest absolute Gasteiger partial charge is 0.359 e. The molecule has 4 nitrogen and oxygen atoms in total. The highest BCUT2D eigenvalue weighted by Gasteiger charge is 2.24. The van der Waals surface area contributed by atoms with Crippen molar-refractivity contribution in [3.63, 3.8) is 0 Å². The van der Waals surface area contributed by atoms with E-state index >= 15 is 0 Å². The van der Waals surface area contributed by atoms with Crippen molar-refractivity contribution < 1.29 is 4.79 Å². The summed E-state index contributed by atoms with van der Waals surface area (Å²) < 4.78 is 0. The van der Waals surface area contributed by atoms with Crippen molar-refractivity contribution in [1.29, 1.82) is 0 Å². The highest BCUT2D eigenvalue weighted by molar-refractivity contribution is 5.78. The van der Waals surface area contributed by atoms with Gasteiger partial charge in [-0.3, -0.25) is 9.69 Å². The van der Waals surface area contributed by atoms with Crippen molar-refractivity contribution in [2.24, 2.45) is 11.7 Å². The number of amides is 1. The molecule has 0 aromatic carbocycles. The molecule has 1 heterocycles. The smallest absolute Gasteiger partial charge is 0.224 e. The summed E-state index contributed by atoms with van der Waals surface area (Å²) >= 11 is 0. The van der Waals surface area contributed by atoms with E-state index in [9.17, 15) is 4.79 Å². The Balaban J connectivity index is 2.42. The van der Waals surface area contributed by atoms with Crippen LogP contribution in [0.4, 0.5) is 0 Å². The van der Waals surface area contributed by atoms with Crippen molar-refractivity contribution >= 4 is 5.91 Å². The first-order chi connectivity index (χ1) is 7.17. The maximum Gasteiger partial charge on any atom is 0.224 e. The highest BCUT2D eigenvalue weighted by Crippen LogP contribution is 2.16. The normalized spacial score (nSPS) is 22.4. The summed E-state index contributed by atoms with van der Waals surface area (Å²) in [5.41, 5.74) is 6.54. The van der Waals surface area contributed by atoms with Crippen LogP contribution in [0.5, 0.6) is 0 Å². The van der Waals surface area contributed by atoms with Crippen LogP contribution < -0.4 is 11.1 Å². The number of nitrogens with zero attached hydrogens (tertiary/aromatic N) is 1. The lowest BCUT2D eigenvalue weighted by Crippen LogP contribution is -2.43. The van der Waals surface area contributed by atoms with Crippen LogP contribution in [0, 0.1) is 5.92 Å². The highest BCUT2D eigenvalue weighted by atomic mass is 16.1. The molecule has 86 valence electrons. The number of nitrogens with two attached hydrogens (primary N) is 1. The van der Waals surface area contributed by atoms with Gasteiger partial charge in [-0.2, -0.15) is 0 Å². The lowest BCUT2D eigenvalue weighted by Gasteiger charge is -2.32. The lowest BCUT2D eigenvalue weighted by atomic mass is 9.97. The van der Waals surface area contributed by atoms with Crippen molar-refractivity contribution in [3.8, 4) is 0 Å². The molecule has 0 aliphatic carbocycles. The summed E-state index contributed by atoms with van der Waals surface area (Å²) in [5, 5.41) is 2.71. The zero-order chi connectivity index (χ0) is 11.3. The number of carbonyl (C=O) groups is 1. The summed E-state index contributed by atoms with van der Waals surface area (Å²) in [7, 11) is 1.69. The van der Waals surface area contributed by atoms with Crippen molar-refractivity contribution in [2.75, 3.05) is 33.2 Å². The van der Waals surface area contributed by atoms with Gasteiger partial charge in [0.05, 0.1) is 5.92 Å². The summed E-state index contributed by atoms with van der Waals surface area (Å²) in [6, 6.07) is 0. The quantitative estimate of drug-likeness (QED) is 0.642. The van der Waals surface area contributed by atoms with Gasteiger partial charge >= 0.3 is 0 Å². The monoisotopic (exact) mass is 211 g/mol.